The summed E-state index contributed by atoms with van der Waals surface area (Å²) in [6, 6.07) is 22.9. The Bertz CT molecular complexity index is 876. The van der Waals surface area contributed by atoms with Crippen molar-refractivity contribution in [3.63, 3.8) is 0 Å². The number of carbonyl (C=O) groups excluding carboxylic acids is 1. The van der Waals surface area contributed by atoms with E-state index in [0.29, 0.717) is 23.7 Å². The Morgan fingerprint density at radius 1 is 0.821 bits per heavy atom. The smallest absolute Gasteiger partial charge is 0.496 e. The first kappa shape index (κ1) is 22.1. The van der Waals surface area contributed by atoms with Crippen molar-refractivity contribution in [2.24, 2.45) is 0 Å². The Hall–Kier alpha value is -2.24. The van der Waals surface area contributed by atoms with Gasteiger partial charge in [0.05, 0.1) is 14.2 Å². The zero-order valence-corrected chi connectivity index (χ0v) is 17.3. The molecule has 4 nitrogen and oxygen atoms in total. The van der Waals surface area contributed by atoms with E-state index in [1.807, 2.05) is 54.6 Å². The first-order valence-corrected chi connectivity index (χ1v) is 9.50. The van der Waals surface area contributed by atoms with Crippen molar-refractivity contribution in [1.82, 2.24) is 0 Å². The van der Waals surface area contributed by atoms with E-state index in [4.69, 9.17) is 14.2 Å². The van der Waals surface area contributed by atoms with Gasteiger partial charge in [-0.1, -0.05) is 48.5 Å². The minimum atomic E-state index is -0.0287. The third-order valence-electron chi connectivity index (χ3n) is 4.02. The average Bonchev–Trinajstić information content (AvgIpc) is 2.73. The number of methoxy groups -OCH3 is 2. The molecule has 0 aliphatic rings. The van der Waals surface area contributed by atoms with Gasteiger partial charge in [-0.3, -0.25) is 4.79 Å². The zero-order chi connectivity index (χ0) is 19.1. The molecule has 1 unspecified atom stereocenters. The molecule has 0 saturated heterocycles. The number of carbonyl (C=O) groups is 1. The summed E-state index contributed by atoms with van der Waals surface area (Å²) >= 11 is 0. The van der Waals surface area contributed by atoms with Crippen LogP contribution in [0.15, 0.2) is 72.8 Å². The number of hydrogen-bond acceptors (Lipinski definition) is 4. The van der Waals surface area contributed by atoms with Gasteiger partial charge in [0.15, 0.2) is 5.52 Å². The predicted octanol–water partition coefficient (Wildman–Crippen LogP) is 1.43. The molecule has 3 rings (SSSR count). The van der Waals surface area contributed by atoms with Crippen molar-refractivity contribution in [3.05, 3.63) is 83.9 Å². The van der Waals surface area contributed by atoms with E-state index in [2.05, 4.69) is 0 Å². The number of rotatable bonds is 8. The fourth-order valence-electron chi connectivity index (χ4n) is 2.64. The summed E-state index contributed by atoms with van der Waals surface area (Å²) in [5.74, 6) is 1.82. The fourth-order valence-corrected chi connectivity index (χ4v) is 3.61. The molecule has 0 bridgehead atoms. The van der Waals surface area contributed by atoms with Gasteiger partial charge in [0.25, 0.3) is 0 Å². The molecular weight excluding hydrogens is 366 g/mol. The summed E-state index contributed by atoms with van der Waals surface area (Å²) < 4.78 is 16.4. The van der Waals surface area contributed by atoms with Gasteiger partial charge in [-0.15, -0.1) is 0 Å². The van der Waals surface area contributed by atoms with Gasteiger partial charge in [-0.25, -0.2) is 0 Å². The van der Waals surface area contributed by atoms with E-state index in [1.165, 1.54) is 0 Å². The summed E-state index contributed by atoms with van der Waals surface area (Å²) in [6.07, 6.45) is 0. The second-order valence-electron chi connectivity index (χ2n) is 5.79. The van der Waals surface area contributed by atoms with Crippen LogP contribution in [-0.4, -0.2) is 19.7 Å². The van der Waals surface area contributed by atoms with Crippen molar-refractivity contribution in [3.8, 4) is 17.2 Å². The second-order valence-corrected chi connectivity index (χ2v) is 7.07. The number of benzene rings is 3. The summed E-state index contributed by atoms with van der Waals surface area (Å²) in [5.41, 5.74) is 1.56. The number of ether oxygens (including phenoxy) is 3. The molecule has 0 aliphatic heterocycles. The molecular formula is C22H21LiO4P+. The third-order valence-corrected chi connectivity index (χ3v) is 5.11. The number of hydrogen-bond donors (Lipinski definition) is 0. The molecule has 0 saturated carbocycles. The normalized spacial score (nSPS) is 10.4. The topological polar surface area (TPSA) is 44.8 Å². The van der Waals surface area contributed by atoms with Crippen LogP contribution in [0.3, 0.4) is 0 Å². The van der Waals surface area contributed by atoms with Gasteiger partial charge in [-0.05, 0) is 43.7 Å². The van der Waals surface area contributed by atoms with E-state index in [9.17, 15) is 4.79 Å². The molecule has 28 heavy (non-hydrogen) atoms. The summed E-state index contributed by atoms with van der Waals surface area (Å²) in [7, 11) is 3.07. The van der Waals surface area contributed by atoms with E-state index in [0.717, 1.165) is 16.6 Å². The fraction of sp³-hybridized carbons (Fsp3) is 0.136. The van der Waals surface area contributed by atoms with Crippen LogP contribution in [0.2, 0.25) is 0 Å². The second kappa shape index (κ2) is 10.9. The SMILES string of the molecule is COc1cccc(OC)c1C(=O)Pc1ccc(OCc2ccccc2)cc1.[Li+]. The van der Waals surface area contributed by atoms with Crippen molar-refractivity contribution in [1.29, 1.82) is 0 Å². The third kappa shape index (κ3) is 5.63. The van der Waals surface area contributed by atoms with Crippen LogP contribution < -0.4 is 38.4 Å². The standard InChI is InChI=1S/C22H21O4P.Li/c1-24-19-9-6-10-20(25-2)21(19)22(23)27-18-13-11-17(12-14-18)26-15-16-7-4-3-5-8-16;/h3-14,27H,15H2,1-2H3;/q;+1. The van der Waals surface area contributed by atoms with Gasteiger partial charge in [-0.2, -0.15) is 0 Å². The maximum absolute atomic E-state index is 12.8. The van der Waals surface area contributed by atoms with Crippen molar-refractivity contribution in [2.75, 3.05) is 14.2 Å². The molecule has 3 aromatic rings. The monoisotopic (exact) mass is 387 g/mol. The minimum absolute atomic E-state index is 0. The van der Waals surface area contributed by atoms with Crippen LogP contribution in [0.1, 0.15) is 15.9 Å². The Kier molecular flexibility index (Phi) is 8.61. The quantitative estimate of drug-likeness (QED) is 0.433. The first-order valence-electron chi connectivity index (χ1n) is 8.50. The van der Waals surface area contributed by atoms with Crippen LogP contribution in [-0.2, 0) is 6.61 Å². The summed E-state index contributed by atoms with van der Waals surface area (Å²) in [4.78, 5) is 12.8. The minimum Gasteiger partial charge on any atom is -0.496 e. The molecule has 0 heterocycles. The van der Waals surface area contributed by atoms with Crippen LogP contribution in [0.4, 0.5) is 0 Å². The van der Waals surface area contributed by atoms with Gasteiger partial charge in [0.1, 0.15) is 29.4 Å². The van der Waals surface area contributed by atoms with Gasteiger partial charge < -0.3 is 14.2 Å². The van der Waals surface area contributed by atoms with Gasteiger partial charge >= 0.3 is 18.9 Å². The Morgan fingerprint density at radius 3 is 2.00 bits per heavy atom. The molecule has 0 amide bonds. The predicted molar refractivity (Wildman–Crippen MR) is 109 cm³/mol. The van der Waals surface area contributed by atoms with Crippen LogP contribution in [0, 0.1) is 0 Å². The molecule has 0 aromatic heterocycles. The van der Waals surface area contributed by atoms with Crippen LogP contribution in [0.5, 0.6) is 17.2 Å². The molecule has 0 N–H and O–H groups in total. The zero-order valence-electron chi connectivity index (χ0n) is 16.3. The molecule has 0 aliphatic carbocycles. The maximum Gasteiger partial charge on any atom is 1.00 e. The Labute approximate surface area is 179 Å². The molecule has 3 aromatic carbocycles. The maximum atomic E-state index is 12.8. The Balaban J connectivity index is 0.00000280. The Morgan fingerprint density at radius 2 is 1.43 bits per heavy atom. The van der Waals surface area contributed by atoms with Gasteiger partial charge in [0.2, 0.25) is 0 Å². The van der Waals surface area contributed by atoms with Gasteiger partial charge in [0, 0.05) is 0 Å². The molecule has 0 radical (unpaired) electrons. The molecule has 1 atom stereocenters. The van der Waals surface area contributed by atoms with E-state index in [-0.39, 0.29) is 33.0 Å². The van der Waals surface area contributed by atoms with E-state index >= 15 is 0 Å². The average molecular weight is 387 g/mol. The van der Waals surface area contributed by atoms with Crippen LogP contribution in [0.25, 0.3) is 0 Å². The molecule has 0 spiro atoms. The van der Waals surface area contributed by atoms with E-state index < -0.39 is 0 Å². The summed E-state index contributed by atoms with van der Waals surface area (Å²) in [5, 5.41) is 0.931. The molecule has 6 heteroatoms. The van der Waals surface area contributed by atoms with Crippen molar-refractivity contribution < 1.29 is 37.9 Å². The first-order chi connectivity index (χ1) is 13.2. The van der Waals surface area contributed by atoms with Crippen molar-refractivity contribution in [2.45, 2.75) is 6.61 Å². The van der Waals surface area contributed by atoms with Crippen LogP contribution >= 0.6 is 8.58 Å². The van der Waals surface area contributed by atoms with Crippen molar-refractivity contribution >= 4 is 19.4 Å². The van der Waals surface area contributed by atoms with E-state index in [1.54, 1.807) is 32.4 Å². The molecule has 0 fully saturated rings. The largest absolute Gasteiger partial charge is 1.00 e. The molecule has 138 valence electrons. The summed E-state index contributed by atoms with van der Waals surface area (Å²) in [6.45, 7) is 0.514.